The molecule has 5 heteroatoms. The molecule has 1 aromatic carbocycles. The number of carbonyl (C=O) groups is 1. The number of carbonyl (C=O) groups excluding carboxylic acids is 1. The number of methoxy groups -OCH3 is 1. The summed E-state index contributed by atoms with van der Waals surface area (Å²) in [6.45, 7) is 5.85. The van der Waals surface area contributed by atoms with Gasteiger partial charge in [-0.3, -0.25) is 4.79 Å². The van der Waals surface area contributed by atoms with Gasteiger partial charge >= 0.3 is 0 Å². The van der Waals surface area contributed by atoms with Gasteiger partial charge in [0.05, 0.1) is 7.11 Å². The monoisotopic (exact) mass is 266 g/mol. The molecule has 19 heavy (non-hydrogen) atoms. The van der Waals surface area contributed by atoms with Crippen molar-refractivity contribution in [2.24, 2.45) is 5.73 Å². The molecule has 1 atom stereocenters. The van der Waals surface area contributed by atoms with E-state index in [-0.39, 0.29) is 11.9 Å². The molecule has 1 amide bonds. The fraction of sp³-hybridized carbons (Fsp3) is 0.500. The Kier molecular flexibility index (Phi) is 5.63. The van der Waals surface area contributed by atoms with Gasteiger partial charge < -0.3 is 20.5 Å². The first-order valence-corrected chi connectivity index (χ1v) is 6.32. The van der Waals surface area contributed by atoms with Crippen LogP contribution < -0.4 is 20.5 Å². The summed E-state index contributed by atoms with van der Waals surface area (Å²) in [4.78, 5) is 11.8. The van der Waals surface area contributed by atoms with Gasteiger partial charge in [0.25, 0.3) is 5.91 Å². The summed E-state index contributed by atoms with van der Waals surface area (Å²) >= 11 is 0. The summed E-state index contributed by atoms with van der Waals surface area (Å²) in [5, 5.41) is 2.80. The summed E-state index contributed by atoms with van der Waals surface area (Å²) in [6.07, 6.45) is -0.568. The van der Waals surface area contributed by atoms with Crippen LogP contribution in [0.4, 0.5) is 0 Å². The quantitative estimate of drug-likeness (QED) is 0.817. The molecule has 3 N–H and O–H groups in total. The molecule has 0 bridgehead atoms. The normalized spacial score (nSPS) is 12.1. The van der Waals surface area contributed by atoms with Crippen molar-refractivity contribution in [3.63, 3.8) is 0 Å². The van der Waals surface area contributed by atoms with Crippen molar-refractivity contribution < 1.29 is 14.3 Å². The van der Waals surface area contributed by atoms with Crippen molar-refractivity contribution in [1.82, 2.24) is 5.32 Å². The van der Waals surface area contributed by atoms with Crippen LogP contribution in [0.15, 0.2) is 18.2 Å². The van der Waals surface area contributed by atoms with Crippen LogP contribution in [0.25, 0.3) is 0 Å². The highest BCUT2D eigenvalue weighted by molar-refractivity contribution is 5.80. The van der Waals surface area contributed by atoms with Crippen molar-refractivity contribution in [2.75, 3.05) is 7.11 Å². The van der Waals surface area contributed by atoms with E-state index in [4.69, 9.17) is 15.2 Å². The molecule has 0 aromatic heterocycles. The standard InChI is InChI=1S/C14H22N2O3/c1-9(2)16-14(17)10(3)19-13-6-5-12(18-4)7-11(13)8-15/h5-7,9-10H,8,15H2,1-4H3,(H,16,17). The Labute approximate surface area is 114 Å². The van der Waals surface area contributed by atoms with E-state index in [0.717, 1.165) is 5.56 Å². The van der Waals surface area contributed by atoms with Crippen LogP contribution in [-0.2, 0) is 11.3 Å². The number of amides is 1. The Morgan fingerprint density at radius 3 is 2.58 bits per heavy atom. The predicted octanol–water partition coefficient (Wildman–Crippen LogP) is 1.45. The van der Waals surface area contributed by atoms with Gasteiger partial charge in [-0.05, 0) is 39.0 Å². The molecule has 106 valence electrons. The van der Waals surface area contributed by atoms with Gasteiger partial charge in [0.2, 0.25) is 0 Å². The fourth-order valence-electron chi connectivity index (χ4n) is 1.60. The Bertz CT molecular complexity index is 433. The minimum absolute atomic E-state index is 0.0865. The highest BCUT2D eigenvalue weighted by Gasteiger charge is 2.16. The van der Waals surface area contributed by atoms with Gasteiger partial charge in [0.1, 0.15) is 11.5 Å². The molecule has 0 saturated heterocycles. The fourth-order valence-corrected chi connectivity index (χ4v) is 1.60. The molecule has 1 rings (SSSR count). The van der Waals surface area contributed by atoms with Crippen molar-refractivity contribution in [3.05, 3.63) is 23.8 Å². The van der Waals surface area contributed by atoms with E-state index >= 15 is 0 Å². The number of nitrogens with one attached hydrogen (secondary N) is 1. The highest BCUT2D eigenvalue weighted by Crippen LogP contribution is 2.24. The van der Waals surface area contributed by atoms with Crippen LogP contribution in [0, 0.1) is 0 Å². The molecule has 1 unspecified atom stereocenters. The Morgan fingerprint density at radius 2 is 2.05 bits per heavy atom. The predicted molar refractivity (Wildman–Crippen MR) is 74.3 cm³/mol. The molecule has 0 aliphatic carbocycles. The number of nitrogens with two attached hydrogens (primary N) is 1. The summed E-state index contributed by atoms with van der Waals surface area (Å²) < 4.78 is 10.8. The van der Waals surface area contributed by atoms with Crippen LogP contribution >= 0.6 is 0 Å². The van der Waals surface area contributed by atoms with Crippen LogP contribution in [0.2, 0.25) is 0 Å². The molecule has 0 aliphatic heterocycles. The average molecular weight is 266 g/mol. The van der Waals surface area contributed by atoms with Crippen LogP contribution in [0.1, 0.15) is 26.3 Å². The zero-order chi connectivity index (χ0) is 14.4. The lowest BCUT2D eigenvalue weighted by Crippen LogP contribution is -2.40. The molecule has 1 aromatic rings. The van der Waals surface area contributed by atoms with Gasteiger partial charge in [0.15, 0.2) is 6.10 Å². The van der Waals surface area contributed by atoms with Crippen LogP contribution in [0.5, 0.6) is 11.5 Å². The molecular formula is C14H22N2O3. The van der Waals surface area contributed by atoms with Gasteiger partial charge in [-0.25, -0.2) is 0 Å². The van der Waals surface area contributed by atoms with E-state index in [1.807, 2.05) is 19.9 Å². The van der Waals surface area contributed by atoms with E-state index in [1.165, 1.54) is 0 Å². The Balaban J connectivity index is 2.78. The molecule has 0 aliphatic rings. The zero-order valence-corrected chi connectivity index (χ0v) is 11.9. The molecular weight excluding hydrogens is 244 g/mol. The van der Waals surface area contributed by atoms with Gasteiger partial charge in [-0.15, -0.1) is 0 Å². The number of hydrogen-bond donors (Lipinski definition) is 2. The minimum atomic E-state index is -0.568. The van der Waals surface area contributed by atoms with Crippen LogP contribution in [0.3, 0.4) is 0 Å². The average Bonchev–Trinajstić information content (AvgIpc) is 2.38. The highest BCUT2D eigenvalue weighted by atomic mass is 16.5. The maximum absolute atomic E-state index is 11.8. The van der Waals surface area contributed by atoms with Gasteiger partial charge in [-0.1, -0.05) is 0 Å². The summed E-state index contributed by atoms with van der Waals surface area (Å²) in [5.74, 6) is 1.18. The lowest BCUT2D eigenvalue weighted by Gasteiger charge is -2.18. The van der Waals surface area contributed by atoms with E-state index in [9.17, 15) is 4.79 Å². The molecule has 0 radical (unpaired) electrons. The van der Waals surface area contributed by atoms with Crippen molar-refractivity contribution in [3.8, 4) is 11.5 Å². The lowest BCUT2D eigenvalue weighted by molar-refractivity contribution is -0.127. The van der Waals surface area contributed by atoms with Gasteiger partial charge in [-0.2, -0.15) is 0 Å². The third-order valence-electron chi connectivity index (χ3n) is 2.59. The first kappa shape index (κ1) is 15.3. The SMILES string of the molecule is COc1ccc(OC(C)C(=O)NC(C)C)c(CN)c1. The molecule has 0 heterocycles. The summed E-state index contributed by atoms with van der Waals surface area (Å²) in [7, 11) is 1.59. The van der Waals surface area contributed by atoms with E-state index in [2.05, 4.69) is 5.32 Å². The minimum Gasteiger partial charge on any atom is -0.497 e. The third kappa shape index (κ3) is 4.44. The third-order valence-corrected chi connectivity index (χ3v) is 2.59. The Morgan fingerprint density at radius 1 is 1.37 bits per heavy atom. The smallest absolute Gasteiger partial charge is 0.260 e. The van der Waals surface area contributed by atoms with E-state index < -0.39 is 6.10 Å². The maximum Gasteiger partial charge on any atom is 0.260 e. The second kappa shape index (κ2) is 6.99. The number of ether oxygens (including phenoxy) is 2. The zero-order valence-electron chi connectivity index (χ0n) is 11.9. The van der Waals surface area contributed by atoms with Gasteiger partial charge in [0, 0.05) is 18.2 Å². The molecule has 0 fully saturated rings. The second-order valence-electron chi connectivity index (χ2n) is 4.60. The van der Waals surface area contributed by atoms with Crippen molar-refractivity contribution in [2.45, 2.75) is 39.5 Å². The first-order valence-electron chi connectivity index (χ1n) is 6.32. The summed E-state index contributed by atoms with van der Waals surface area (Å²) in [5.41, 5.74) is 6.48. The summed E-state index contributed by atoms with van der Waals surface area (Å²) in [6, 6.07) is 5.44. The van der Waals surface area contributed by atoms with Crippen molar-refractivity contribution >= 4 is 5.91 Å². The Hall–Kier alpha value is -1.75. The molecule has 5 nitrogen and oxygen atoms in total. The molecule has 0 saturated carbocycles. The number of hydrogen-bond acceptors (Lipinski definition) is 4. The largest absolute Gasteiger partial charge is 0.497 e. The maximum atomic E-state index is 11.8. The topological polar surface area (TPSA) is 73.6 Å². The first-order chi connectivity index (χ1) is 8.97. The van der Waals surface area contributed by atoms with Crippen molar-refractivity contribution in [1.29, 1.82) is 0 Å². The number of rotatable bonds is 6. The van der Waals surface area contributed by atoms with E-state index in [1.54, 1.807) is 26.2 Å². The number of benzene rings is 1. The molecule has 0 spiro atoms. The lowest BCUT2D eigenvalue weighted by atomic mass is 10.2. The van der Waals surface area contributed by atoms with Crippen LogP contribution in [-0.4, -0.2) is 25.2 Å². The second-order valence-corrected chi connectivity index (χ2v) is 4.60. The van der Waals surface area contributed by atoms with E-state index in [0.29, 0.717) is 18.0 Å².